The number of hydrogen-bond acceptors (Lipinski definition) is 5. The number of nitrogens with one attached hydrogen (secondary N) is 1. The molecule has 0 radical (unpaired) electrons. The lowest BCUT2D eigenvalue weighted by Crippen LogP contribution is -2.38. The molecule has 1 atom stereocenters. The summed E-state index contributed by atoms with van der Waals surface area (Å²) in [7, 11) is 0. The number of benzene rings is 2. The van der Waals surface area contributed by atoms with E-state index >= 15 is 0 Å². The highest BCUT2D eigenvalue weighted by atomic mass is 35.5. The highest BCUT2D eigenvalue weighted by Crippen LogP contribution is 2.38. The summed E-state index contributed by atoms with van der Waals surface area (Å²) in [6, 6.07) is 14.5. The summed E-state index contributed by atoms with van der Waals surface area (Å²) in [4.78, 5) is 42.9. The Labute approximate surface area is 229 Å². The van der Waals surface area contributed by atoms with Crippen LogP contribution in [0.1, 0.15) is 66.9 Å². The maximum Gasteiger partial charge on any atom is 0.336 e. The van der Waals surface area contributed by atoms with Gasteiger partial charge in [0.25, 0.3) is 5.91 Å². The molecule has 2 aliphatic heterocycles. The van der Waals surface area contributed by atoms with Gasteiger partial charge in [-0.05, 0) is 75.2 Å². The molecule has 2 aromatic carbocycles. The Hall–Kier alpha value is -3.16. The number of allylic oxidation sites excluding steroid dienone is 1. The van der Waals surface area contributed by atoms with Gasteiger partial charge in [0.2, 0.25) is 5.91 Å². The van der Waals surface area contributed by atoms with Crippen LogP contribution in [0.25, 0.3) is 0 Å². The number of amides is 2. The molecule has 7 nitrogen and oxygen atoms in total. The van der Waals surface area contributed by atoms with Crippen molar-refractivity contribution < 1.29 is 19.1 Å². The van der Waals surface area contributed by atoms with Crippen LogP contribution in [0.4, 0.5) is 0 Å². The number of likely N-dealkylation sites (tertiary alicyclic amines) is 1. The van der Waals surface area contributed by atoms with Gasteiger partial charge in [0.15, 0.2) is 0 Å². The van der Waals surface area contributed by atoms with Crippen LogP contribution in [0, 0.1) is 0 Å². The predicted molar refractivity (Wildman–Crippen MR) is 148 cm³/mol. The van der Waals surface area contributed by atoms with E-state index in [9.17, 15) is 14.4 Å². The van der Waals surface area contributed by atoms with Crippen LogP contribution in [0.5, 0.6) is 0 Å². The highest BCUT2D eigenvalue weighted by Gasteiger charge is 2.36. The molecule has 1 unspecified atom stereocenters. The second kappa shape index (κ2) is 13.1. The first-order valence-electron chi connectivity index (χ1n) is 13.4. The van der Waals surface area contributed by atoms with Crippen LogP contribution in [-0.2, 0) is 20.9 Å². The van der Waals surface area contributed by atoms with Gasteiger partial charge < -0.3 is 19.9 Å². The third-order valence-corrected chi connectivity index (χ3v) is 7.56. The molecular weight excluding hydrogens is 502 g/mol. The lowest BCUT2D eigenvalue weighted by molar-refractivity contribution is -0.140. The SMILES string of the molecule is CCOC(=O)C1=C(C)N(Cc2ccc(C(=O)NCCN3CCCCC3)cc2)C(=O)CC1c1ccc(Cl)cc1. The molecule has 2 aromatic rings. The minimum atomic E-state index is -0.418. The van der Waals surface area contributed by atoms with E-state index in [0.29, 0.717) is 34.9 Å². The second-order valence-corrected chi connectivity index (χ2v) is 10.3. The molecule has 0 aromatic heterocycles. The molecule has 4 rings (SSSR count). The van der Waals surface area contributed by atoms with Gasteiger partial charge in [-0.25, -0.2) is 4.79 Å². The molecule has 1 saturated heterocycles. The normalized spacial score (nSPS) is 18.4. The van der Waals surface area contributed by atoms with E-state index in [1.807, 2.05) is 24.3 Å². The van der Waals surface area contributed by atoms with E-state index in [0.717, 1.165) is 30.8 Å². The molecule has 0 bridgehead atoms. The Kier molecular flexibility index (Phi) is 9.58. The quantitative estimate of drug-likeness (QED) is 0.460. The zero-order valence-corrected chi connectivity index (χ0v) is 22.9. The zero-order valence-electron chi connectivity index (χ0n) is 22.2. The van der Waals surface area contributed by atoms with Crippen LogP contribution in [0.15, 0.2) is 59.8 Å². The van der Waals surface area contributed by atoms with E-state index in [-0.39, 0.29) is 24.8 Å². The highest BCUT2D eigenvalue weighted by molar-refractivity contribution is 6.30. The summed E-state index contributed by atoms with van der Waals surface area (Å²) in [5.41, 5.74) is 3.37. The fraction of sp³-hybridized carbons (Fsp3) is 0.433. The minimum absolute atomic E-state index is 0.0740. The standard InChI is InChI=1S/C30H36ClN3O4/c1-3-38-30(37)28-21(2)34(27(35)19-26(28)23-11-13-25(31)14-12-23)20-22-7-9-24(10-8-22)29(36)32-15-18-33-16-5-4-6-17-33/h7-14,26H,3-6,15-20H2,1-2H3,(H,32,36). The number of halogens is 1. The van der Waals surface area contributed by atoms with Crippen molar-refractivity contribution in [3.8, 4) is 0 Å². The summed E-state index contributed by atoms with van der Waals surface area (Å²) in [6.07, 6.45) is 3.91. The fourth-order valence-electron chi connectivity index (χ4n) is 5.21. The Morgan fingerprint density at radius 3 is 2.37 bits per heavy atom. The van der Waals surface area contributed by atoms with Gasteiger partial charge in [-0.2, -0.15) is 0 Å². The molecule has 2 heterocycles. The average Bonchev–Trinajstić information content (AvgIpc) is 2.92. The molecule has 2 aliphatic rings. The number of carbonyl (C=O) groups excluding carboxylic acids is 3. The molecule has 202 valence electrons. The first-order valence-corrected chi connectivity index (χ1v) is 13.8. The van der Waals surface area contributed by atoms with E-state index in [2.05, 4.69) is 10.2 Å². The van der Waals surface area contributed by atoms with Gasteiger partial charge in [-0.3, -0.25) is 9.59 Å². The number of esters is 1. The predicted octanol–water partition coefficient (Wildman–Crippen LogP) is 4.91. The monoisotopic (exact) mass is 537 g/mol. The summed E-state index contributed by atoms with van der Waals surface area (Å²) in [5.74, 6) is -0.991. The third kappa shape index (κ3) is 6.83. The van der Waals surface area contributed by atoms with Crippen molar-refractivity contribution in [2.45, 2.75) is 52.0 Å². The van der Waals surface area contributed by atoms with Gasteiger partial charge in [0.05, 0.1) is 18.7 Å². The maximum atomic E-state index is 13.3. The molecule has 0 spiro atoms. The van der Waals surface area contributed by atoms with Crippen molar-refractivity contribution in [1.29, 1.82) is 0 Å². The van der Waals surface area contributed by atoms with Gasteiger partial charge in [-0.15, -0.1) is 0 Å². The smallest absolute Gasteiger partial charge is 0.336 e. The van der Waals surface area contributed by atoms with Crippen LogP contribution < -0.4 is 5.32 Å². The molecular formula is C30H36ClN3O4. The lowest BCUT2D eigenvalue weighted by Gasteiger charge is -2.34. The molecule has 0 saturated carbocycles. The van der Waals surface area contributed by atoms with Gasteiger partial charge in [0, 0.05) is 41.7 Å². The van der Waals surface area contributed by atoms with Gasteiger partial charge in [-0.1, -0.05) is 42.3 Å². The Balaban J connectivity index is 1.45. The van der Waals surface area contributed by atoms with Crippen LogP contribution >= 0.6 is 11.6 Å². The second-order valence-electron chi connectivity index (χ2n) is 9.86. The Morgan fingerprint density at radius 1 is 1.03 bits per heavy atom. The average molecular weight is 538 g/mol. The lowest BCUT2D eigenvalue weighted by atomic mass is 9.83. The zero-order chi connectivity index (χ0) is 27.1. The van der Waals surface area contributed by atoms with Crippen LogP contribution in [0.2, 0.25) is 5.02 Å². The van der Waals surface area contributed by atoms with E-state index in [1.54, 1.807) is 43.0 Å². The summed E-state index contributed by atoms with van der Waals surface area (Å²) in [5, 5.41) is 3.60. The first kappa shape index (κ1) is 27.9. The van der Waals surface area contributed by atoms with Crippen molar-refractivity contribution in [3.63, 3.8) is 0 Å². The van der Waals surface area contributed by atoms with Gasteiger partial charge in [0.1, 0.15) is 0 Å². The molecule has 0 aliphatic carbocycles. The largest absolute Gasteiger partial charge is 0.463 e. The summed E-state index contributed by atoms with van der Waals surface area (Å²) >= 11 is 6.05. The molecule has 1 N–H and O–H groups in total. The summed E-state index contributed by atoms with van der Waals surface area (Å²) < 4.78 is 5.37. The summed E-state index contributed by atoms with van der Waals surface area (Å²) in [6.45, 7) is 7.80. The van der Waals surface area contributed by atoms with Crippen molar-refractivity contribution in [2.75, 3.05) is 32.8 Å². The van der Waals surface area contributed by atoms with E-state index in [4.69, 9.17) is 16.3 Å². The van der Waals surface area contributed by atoms with Gasteiger partial charge >= 0.3 is 5.97 Å². The van der Waals surface area contributed by atoms with Crippen molar-refractivity contribution in [2.24, 2.45) is 0 Å². The Morgan fingerprint density at radius 2 is 1.71 bits per heavy atom. The molecule has 2 amide bonds. The topological polar surface area (TPSA) is 79.0 Å². The third-order valence-electron chi connectivity index (χ3n) is 7.31. The number of ether oxygens (including phenoxy) is 1. The number of rotatable bonds is 9. The number of piperidine rings is 1. The van der Waals surface area contributed by atoms with Crippen LogP contribution in [0.3, 0.4) is 0 Å². The first-order chi connectivity index (χ1) is 18.4. The molecule has 38 heavy (non-hydrogen) atoms. The van der Waals surface area contributed by atoms with Crippen LogP contribution in [-0.4, -0.2) is 60.4 Å². The molecule has 8 heteroatoms. The fourth-order valence-corrected chi connectivity index (χ4v) is 5.34. The van der Waals surface area contributed by atoms with E-state index < -0.39 is 11.9 Å². The minimum Gasteiger partial charge on any atom is -0.463 e. The number of hydrogen-bond donors (Lipinski definition) is 1. The Bertz CT molecular complexity index is 1170. The van der Waals surface area contributed by atoms with Crippen molar-refractivity contribution >= 4 is 29.4 Å². The molecule has 1 fully saturated rings. The van der Waals surface area contributed by atoms with E-state index in [1.165, 1.54) is 19.3 Å². The van der Waals surface area contributed by atoms with Crippen molar-refractivity contribution in [1.82, 2.24) is 15.1 Å². The van der Waals surface area contributed by atoms with Crippen molar-refractivity contribution in [3.05, 3.63) is 81.5 Å². The number of nitrogens with zero attached hydrogens (tertiary/aromatic N) is 2. The maximum absolute atomic E-state index is 13.3. The number of carbonyl (C=O) groups is 3.